The first-order chi connectivity index (χ1) is 9.13. The molecule has 0 heterocycles. The zero-order chi connectivity index (χ0) is 13.8. The van der Waals surface area contributed by atoms with Crippen LogP contribution in [-0.4, -0.2) is 12.5 Å². The summed E-state index contributed by atoms with van der Waals surface area (Å²) in [5.74, 6) is -0.0205. The topological polar surface area (TPSA) is 55.1 Å². The summed E-state index contributed by atoms with van der Waals surface area (Å²) < 4.78 is 13.6. The Hall–Kier alpha value is -1.42. The van der Waals surface area contributed by atoms with Gasteiger partial charge in [-0.3, -0.25) is 4.79 Å². The second-order valence-corrected chi connectivity index (χ2v) is 5.28. The molecule has 0 saturated heterocycles. The van der Waals surface area contributed by atoms with Gasteiger partial charge in [0.2, 0.25) is 5.91 Å². The lowest BCUT2D eigenvalue weighted by Crippen LogP contribution is -2.36. The van der Waals surface area contributed by atoms with Crippen molar-refractivity contribution in [2.24, 2.45) is 17.6 Å². The van der Waals surface area contributed by atoms with E-state index in [1.165, 1.54) is 6.07 Å². The average molecular weight is 264 g/mol. The Bertz CT molecular complexity index is 450. The van der Waals surface area contributed by atoms with Gasteiger partial charge in [0.15, 0.2) is 0 Å². The van der Waals surface area contributed by atoms with Gasteiger partial charge >= 0.3 is 0 Å². The second kappa shape index (κ2) is 6.15. The van der Waals surface area contributed by atoms with Crippen LogP contribution < -0.4 is 11.1 Å². The SMILES string of the molecule is C[C@@H](NC(=O)C1CCCC1CN)c1ccccc1F. The fourth-order valence-electron chi connectivity index (χ4n) is 2.89. The molecule has 1 aliphatic carbocycles. The number of amides is 1. The summed E-state index contributed by atoms with van der Waals surface area (Å²) in [6.07, 6.45) is 2.95. The first-order valence-corrected chi connectivity index (χ1v) is 6.88. The minimum absolute atomic E-state index is 0.00343. The smallest absolute Gasteiger partial charge is 0.223 e. The molecule has 1 amide bonds. The summed E-state index contributed by atoms with van der Waals surface area (Å²) in [4.78, 5) is 12.2. The van der Waals surface area contributed by atoms with Crippen molar-refractivity contribution >= 4 is 5.91 Å². The summed E-state index contributed by atoms with van der Waals surface area (Å²) in [5.41, 5.74) is 6.21. The van der Waals surface area contributed by atoms with Gasteiger partial charge in [0, 0.05) is 11.5 Å². The molecule has 19 heavy (non-hydrogen) atoms. The minimum Gasteiger partial charge on any atom is -0.349 e. The molecule has 3 nitrogen and oxygen atoms in total. The van der Waals surface area contributed by atoms with E-state index in [1.807, 2.05) is 6.92 Å². The van der Waals surface area contributed by atoms with Crippen molar-refractivity contribution in [3.63, 3.8) is 0 Å². The standard InChI is InChI=1S/C15H21FN2O/c1-10(12-6-2-3-8-14(12)16)18-15(19)13-7-4-5-11(13)9-17/h2-3,6,8,10-11,13H,4-5,7,9,17H2,1H3,(H,18,19)/t10-,11?,13?/m1/s1. The number of hydrogen-bond donors (Lipinski definition) is 2. The molecule has 4 heteroatoms. The average Bonchev–Trinajstić information content (AvgIpc) is 2.87. The van der Waals surface area contributed by atoms with Crippen molar-refractivity contribution in [3.8, 4) is 0 Å². The fourth-order valence-corrected chi connectivity index (χ4v) is 2.89. The maximum absolute atomic E-state index is 13.6. The predicted molar refractivity (Wildman–Crippen MR) is 72.8 cm³/mol. The number of rotatable bonds is 4. The van der Waals surface area contributed by atoms with Crippen LogP contribution in [-0.2, 0) is 4.79 Å². The van der Waals surface area contributed by atoms with Gasteiger partial charge in [0.1, 0.15) is 5.82 Å². The maximum atomic E-state index is 13.6. The van der Waals surface area contributed by atoms with Crippen molar-refractivity contribution in [1.82, 2.24) is 5.32 Å². The van der Waals surface area contributed by atoms with Crippen LogP contribution in [0.3, 0.4) is 0 Å². The second-order valence-electron chi connectivity index (χ2n) is 5.28. The highest BCUT2D eigenvalue weighted by Crippen LogP contribution is 2.31. The molecular weight excluding hydrogens is 243 g/mol. The van der Waals surface area contributed by atoms with Gasteiger partial charge in [0.25, 0.3) is 0 Å². The maximum Gasteiger partial charge on any atom is 0.223 e. The zero-order valence-electron chi connectivity index (χ0n) is 11.2. The van der Waals surface area contributed by atoms with Gasteiger partial charge in [-0.05, 0) is 38.3 Å². The molecule has 0 radical (unpaired) electrons. The normalized spacial score (nSPS) is 24.2. The Labute approximate surface area is 113 Å². The molecule has 0 bridgehead atoms. The lowest BCUT2D eigenvalue weighted by atomic mass is 9.94. The van der Waals surface area contributed by atoms with Gasteiger partial charge in [-0.1, -0.05) is 24.6 Å². The molecule has 3 atom stereocenters. The molecule has 0 aliphatic heterocycles. The third kappa shape index (κ3) is 3.13. The van der Waals surface area contributed by atoms with Gasteiger partial charge < -0.3 is 11.1 Å². The third-order valence-corrected chi connectivity index (χ3v) is 4.03. The highest BCUT2D eigenvalue weighted by Gasteiger charge is 2.32. The molecule has 1 fully saturated rings. The molecule has 2 unspecified atom stereocenters. The summed E-state index contributed by atoms with van der Waals surface area (Å²) >= 11 is 0. The molecule has 0 aromatic heterocycles. The molecule has 104 valence electrons. The molecule has 1 aromatic rings. The van der Waals surface area contributed by atoms with E-state index in [-0.39, 0.29) is 29.6 Å². The molecule has 1 aliphatic rings. The van der Waals surface area contributed by atoms with Crippen LogP contribution in [0.15, 0.2) is 24.3 Å². The van der Waals surface area contributed by atoms with Gasteiger partial charge in [-0.2, -0.15) is 0 Å². The van der Waals surface area contributed by atoms with Crippen LogP contribution in [0, 0.1) is 17.7 Å². The van der Waals surface area contributed by atoms with Crippen LogP contribution >= 0.6 is 0 Å². The van der Waals surface area contributed by atoms with Crippen molar-refractivity contribution in [2.75, 3.05) is 6.54 Å². The van der Waals surface area contributed by atoms with Crippen LogP contribution in [0.4, 0.5) is 4.39 Å². The summed E-state index contributed by atoms with van der Waals surface area (Å²) in [5, 5.41) is 2.91. The van der Waals surface area contributed by atoms with E-state index in [9.17, 15) is 9.18 Å². The number of nitrogens with two attached hydrogens (primary N) is 1. The molecular formula is C15H21FN2O. The van der Waals surface area contributed by atoms with Crippen LogP contribution in [0.1, 0.15) is 37.8 Å². The quantitative estimate of drug-likeness (QED) is 0.877. The van der Waals surface area contributed by atoms with E-state index in [0.717, 1.165) is 19.3 Å². The van der Waals surface area contributed by atoms with Gasteiger partial charge in [0.05, 0.1) is 6.04 Å². The molecule has 3 N–H and O–H groups in total. The Morgan fingerprint density at radius 1 is 1.47 bits per heavy atom. The van der Waals surface area contributed by atoms with Crippen molar-refractivity contribution in [2.45, 2.75) is 32.2 Å². The summed E-state index contributed by atoms with van der Waals surface area (Å²) in [6, 6.07) is 6.23. The molecule has 2 rings (SSSR count). The highest BCUT2D eigenvalue weighted by atomic mass is 19.1. The predicted octanol–water partition coefficient (Wildman–Crippen LogP) is 2.38. The Balaban J connectivity index is 2.01. The Morgan fingerprint density at radius 2 is 2.21 bits per heavy atom. The Kier molecular flexibility index (Phi) is 4.53. The van der Waals surface area contributed by atoms with E-state index in [1.54, 1.807) is 18.2 Å². The number of hydrogen-bond acceptors (Lipinski definition) is 2. The fraction of sp³-hybridized carbons (Fsp3) is 0.533. The number of nitrogens with one attached hydrogen (secondary N) is 1. The lowest BCUT2D eigenvalue weighted by Gasteiger charge is -2.21. The summed E-state index contributed by atoms with van der Waals surface area (Å²) in [7, 11) is 0. The monoisotopic (exact) mass is 264 g/mol. The van der Waals surface area contributed by atoms with E-state index in [2.05, 4.69) is 5.32 Å². The van der Waals surface area contributed by atoms with Gasteiger partial charge in [-0.25, -0.2) is 4.39 Å². The zero-order valence-corrected chi connectivity index (χ0v) is 11.2. The van der Waals surface area contributed by atoms with Crippen molar-refractivity contribution in [3.05, 3.63) is 35.6 Å². The molecule has 1 saturated carbocycles. The molecule has 1 aromatic carbocycles. The minimum atomic E-state index is -0.312. The largest absolute Gasteiger partial charge is 0.349 e. The number of benzene rings is 1. The van der Waals surface area contributed by atoms with Crippen molar-refractivity contribution < 1.29 is 9.18 Å². The van der Waals surface area contributed by atoms with Crippen LogP contribution in [0.2, 0.25) is 0 Å². The highest BCUT2D eigenvalue weighted by molar-refractivity contribution is 5.79. The number of carbonyl (C=O) groups is 1. The first kappa shape index (κ1) is 14.0. The van der Waals surface area contributed by atoms with E-state index in [0.29, 0.717) is 12.1 Å². The van der Waals surface area contributed by atoms with E-state index < -0.39 is 0 Å². The van der Waals surface area contributed by atoms with Crippen LogP contribution in [0.5, 0.6) is 0 Å². The third-order valence-electron chi connectivity index (χ3n) is 4.03. The number of carbonyl (C=O) groups excluding carboxylic acids is 1. The summed E-state index contributed by atoms with van der Waals surface area (Å²) in [6.45, 7) is 2.36. The van der Waals surface area contributed by atoms with Crippen molar-refractivity contribution in [1.29, 1.82) is 0 Å². The molecule has 0 spiro atoms. The first-order valence-electron chi connectivity index (χ1n) is 6.88. The lowest BCUT2D eigenvalue weighted by molar-refractivity contribution is -0.126. The number of halogens is 1. The van der Waals surface area contributed by atoms with Crippen LogP contribution in [0.25, 0.3) is 0 Å². The van der Waals surface area contributed by atoms with Gasteiger partial charge in [-0.15, -0.1) is 0 Å². The Morgan fingerprint density at radius 3 is 2.89 bits per heavy atom. The van der Waals surface area contributed by atoms with E-state index in [4.69, 9.17) is 5.73 Å². The van der Waals surface area contributed by atoms with E-state index >= 15 is 0 Å².